The molecule has 0 aromatic carbocycles. The SMILES string of the molecule is CC1CCNCC1n1ccc2cc[nH]c(=O)c21. The van der Waals surface area contributed by atoms with Crippen LogP contribution in [-0.4, -0.2) is 22.6 Å². The van der Waals surface area contributed by atoms with E-state index in [4.69, 9.17) is 0 Å². The Balaban J connectivity index is 2.14. The minimum Gasteiger partial charge on any atom is -0.338 e. The van der Waals surface area contributed by atoms with Gasteiger partial charge in [-0.3, -0.25) is 4.79 Å². The standard InChI is InChI=1S/C13H17N3O/c1-9-2-5-14-8-11(9)16-7-4-10-3-6-15-13(17)12(10)16/h3-4,6-7,9,11,14H,2,5,8H2,1H3,(H,15,17). The molecule has 4 heteroatoms. The van der Waals surface area contributed by atoms with E-state index in [0.29, 0.717) is 12.0 Å². The smallest absolute Gasteiger partial charge is 0.272 e. The first-order valence-electron chi connectivity index (χ1n) is 6.16. The highest BCUT2D eigenvalue weighted by Crippen LogP contribution is 2.26. The molecule has 2 atom stereocenters. The van der Waals surface area contributed by atoms with E-state index in [1.807, 2.05) is 18.3 Å². The van der Waals surface area contributed by atoms with Gasteiger partial charge < -0.3 is 14.9 Å². The van der Waals surface area contributed by atoms with Gasteiger partial charge in [0, 0.05) is 30.4 Å². The van der Waals surface area contributed by atoms with E-state index in [2.05, 4.69) is 21.8 Å². The van der Waals surface area contributed by atoms with Crippen LogP contribution in [0.15, 0.2) is 29.3 Å². The first kappa shape index (κ1) is 10.6. The van der Waals surface area contributed by atoms with Crippen molar-refractivity contribution in [2.45, 2.75) is 19.4 Å². The van der Waals surface area contributed by atoms with Crippen LogP contribution >= 0.6 is 0 Å². The maximum Gasteiger partial charge on any atom is 0.272 e. The van der Waals surface area contributed by atoms with Crippen molar-refractivity contribution in [1.82, 2.24) is 14.9 Å². The lowest BCUT2D eigenvalue weighted by Gasteiger charge is -2.31. The first-order chi connectivity index (χ1) is 8.27. The molecule has 1 aliphatic heterocycles. The van der Waals surface area contributed by atoms with Crippen molar-refractivity contribution in [3.63, 3.8) is 0 Å². The van der Waals surface area contributed by atoms with Gasteiger partial charge in [-0.05, 0) is 31.0 Å². The van der Waals surface area contributed by atoms with Crippen LogP contribution in [0.25, 0.3) is 10.9 Å². The zero-order valence-corrected chi connectivity index (χ0v) is 9.94. The Kier molecular flexibility index (Phi) is 2.52. The molecule has 2 unspecified atom stereocenters. The second-order valence-corrected chi connectivity index (χ2v) is 4.87. The molecule has 3 rings (SSSR count). The Bertz CT molecular complexity index is 584. The van der Waals surface area contributed by atoms with Crippen molar-refractivity contribution < 1.29 is 0 Å². The Labute approximate surface area is 99.6 Å². The third-order valence-electron chi connectivity index (χ3n) is 3.78. The average molecular weight is 231 g/mol. The summed E-state index contributed by atoms with van der Waals surface area (Å²) in [6.07, 6.45) is 4.90. The molecule has 90 valence electrons. The molecule has 17 heavy (non-hydrogen) atoms. The summed E-state index contributed by atoms with van der Waals surface area (Å²) in [5.41, 5.74) is 0.804. The van der Waals surface area contributed by atoms with Gasteiger partial charge in [-0.2, -0.15) is 0 Å². The average Bonchev–Trinajstić information content (AvgIpc) is 2.75. The van der Waals surface area contributed by atoms with Gasteiger partial charge in [0.1, 0.15) is 5.52 Å². The Morgan fingerprint density at radius 1 is 1.41 bits per heavy atom. The van der Waals surface area contributed by atoms with E-state index in [1.165, 1.54) is 0 Å². The fraction of sp³-hybridized carbons (Fsp3) is 0.462. The minimum absolute atomic E-state index is 0.00488. The van der Waals surface area contributed by atoms with Crippen molar-refractivity contribution in [2.24, 2.45) is 5.92 Å². The van der Waals surface area contributed by atoms with Gasteiger partial charge >= 0.3 is 0 Å². The summed E-state index contributed by atoms with van der Waals surface area (Å²) in [5, 5.41) is 4.42. The molecule has 2 N–H and O–H groups in total. The number of hydrogen-bond acceptors (Lipinski definition) is 2. The molecule has 3 heterocycles. The van der Waals surface area contributed by atoms with Gasteiger partial charge in [0.2, 0.25) is 0 Å². The van der Waals surface area contributed by atoms with Crippen molar-refractivity contribution >= 4 is 10.9 Å². The lowest BCUT2D eigenvalue weighted by atomic mass is 9.94. The van der Waals surface area contributed by atoms with Gasteiger partial charge in [-0.25, -0.2) is 0 Å². The lowest BCUT2D eigenvalue weighted by molar-refractivity contribution is 0.279. The molecular weight excluding hydrogens is 214 g/mol. The van der Waals surface area contributed by atoms with E-state index >= 15 is 0 Å². The predicted octanol–water partition coefficient (Wildman–Crippen LogP) is 1.50. The summed E-state index contributed by atoms with van der Waals surface area (Å²) >= 11 is 0. The third-order valence-corrected chi connectivity index (χ3v) is 3.78. The van der Waals surface area contributed by atoms with Gasteiger partial charge in [-0.1, -0.05) is 6.92 Å². The van der Waals surface area contributed by atoms with E-state index in [0.717, 1.165) is 30.4 Å². The number of aromatic nitrogens is 2. The fourth-order valence-electron chi connectivity index (χ4n) is 2.74. The van der Waals surface area contributed by atoms with Crippen molar-refractivity contribution in [2.75, 3.05) is 13.1 Å². The van der Waals surface area contributed by atoms with Crippen LogP contribution in [0, 0.1) is 5.92 Å². The molecule has 0 spiro atoms. The predicted molar refractivity (Wildman–Crippen MR) is 68.2 cm³/mol. The van der Waals surface area contributed by atoms with Gasteiger partial charge in [-0.15, -0.1) is 0 Å². The number of hydrogen-bond donors (Lipinski definition) is 2. The Hall–Kier alpha value is -1.55. The number of fused-ring (bicyclic) bond motifs is 1. The van der Waals surface area contributed by atoms with Crippen LogP contribution in [-0.2, 0) is 0 Å². The number of H-pyrrole nitrogens is 1. The molecule has 0 bridgehead atoms. The summed E-state index contributed by atoms with van der Waals surface area (Å²) in [6, 6.07) is 4.35. The zero-order chi connectivity index (χ0) is 11.8. The van der Waals surface area contributed by atoms with Gasteiger partial charge in [0.25, 0.3) is 5.56 Å². The van der Waals surface area contributed by atoms with Crippen molar-refractivity contribution in [3.8, 4) is 0 Å². The van der Waals surface area contributed by atoms with Crippen molar-refractivity contribution in [1.29, 1.82) is 0 Å². The van der Waals surface area contributed by atoms with Crippen LogP contribution in [0.2, 0.25) is 0 Å². The fourth-order valence-corrected chi connectivity index (χ4v) is 2.74. The Morgan fingerprint density at radius 2 is 2.29 bits per heavy atom. The summed E-state index contributed by atoms with van der Waals surface area (Å²) < 4.78 is 2.13. The number of pyridine rings is 1. The van der Waals surface area contributed by atoms with E-state index in [9.17, 15) is 4.79 Å². The molecule has 2 aromatic heterocycles. The zero-order valence-electron chi connectivity index (χ0n) is 9.94. The van der Waals surface area contributed by atoms with Gasteiger partial charge in [0.05, 0.1) is 0 Å². The molecule has 0 amide bonds. The molecule has 1 aliphatic rings. The van der Waals surface area contributed by atoms with Gasteiger partial charge in [0.15, 0.2) is 0 Å². The summed E-state index contributed by atoms with van der Waals surface area (Å²) in [7, 11) is 0. The highest BCUT2D eigenvalue weighted by molar-refractivity contribution is 5.78. The minimum atomic E-state index is 0.00488. The maximum atomic E-state index is 11.9. The molecular formula is C13H17N3O. The number of rotatable bonds is 1. The second-order valence-electron chi connectivity index (χ2n) is 4.87. The number of nitrogens with one attached hydrogen (secondary N) is 2. The quantitative estimate of drug-likeness (QED) is 0.781. The summed E-state index contributed by atoms with van der Waals surface area (Å²) in [5.74, 6) is 0.603. The second kappa shape index (κ2) is 4.04. The third kappa shape index (κ3) is 1.69. The molecule has 0 aliphatic carbocycles. The molecule has 1 saturated heterocycles. The molecule has 0 saturated carbocycles. The lowest BCUT2D eigenvalue weighted by Crippen LogP contribution is -2.37. The normalized spacial score (nSPS) is 25.2. The molecule has 1 fully saturated rings. The van der Waals surface area contributed by atoms with E-state index in [-0.39, 0.29) is 5.56 Å². The number of piperidine rings is 1. The monoisotopic (exact) mass is 231 g/mol. The van der Waals surface area contributed by atoms with Crippen LogP contribution in [0.1, 0.15) is 19.4 Å². The molecule has 4 nitrogen and oxygen atoms in total. The highest BCUT2D eigenvalue weighted by Gasteiger charge is 2.24. The molecule has 2 aromatic rings. The summed E-state index contributed by atoms with van der Waals surface area (Å²) in [4.78, 5) is 14.7. The molecule has 0 radical (unpaired) electrons. The Morgan fingerprint density at radius 3 is 3.12 bits per heavy atom. The van der Waals surface area contributed by atoms with Crippen LogP contribution in [0.3, 0.4) is 0 Å². The maximum absolute atomic E-state index is 11.9. The first-order valence-corrected chi connectivity index (χ1v) is 6.16. The van der Waals surface area contributed by atoms with Crippen LogP contribution in [0.4, 0.5) is 0 Å². The van der Waals surface area contributed by atoms with Crippen molar-refractivity contribution in [3.05, 3.63) is 34.9 Å². The summed E-state index contributed by atoms with van der Waals surface area (Å²) in [6.45, 7) is 4.28. The number of aromatic amines is 1. The number of nitrogens with zero attached hydrogens (tertiary/aromatic N) is 1. The van der Waals surface area contributed by atoms with E-state index in [1.54, 1.807) is 6.20 Å². The topological polar surface area (TPSA) is 49.8 Å². The van der Waals surface area contributed by atoms with Crippen LogP contribution in [0.5, 0.6) is 0 Å². The van der Waals surface area contributed by atoms with Crippen LogP contribution < -0.4 is 10.9 Å². The highest BCUT2D eigenvalue weighted by atomic mass is 16.1. The van der Waals surface area contributed by atoms with E-state index < -0.39 is 0 Å². The largest absolute Gasteiger partial charge is 0.338 e.